The molecule has 156 valence electrons. The predicted octanol–water partition coefficient (Wildman–Crippen LogP) is 6.13. The first-order chi connectivity index (χ1) is 14.7. The van der Waals surface area contributed by atoms with Crippen molar-refractivity contribution in [2.75, 3.05) is 5.75 Å². The summed E-state index contributed by atoms with van der Waals surface area (Å²) >= 11 is 1.39. The summed E-state index contributed by atoms with van der Waals surface area (Å²) in [6.07, 6.45) is 6.52. The molecule has 0 bridgehead atoms. The minimum atomic E-state index is -0.300. The fourth-order valence-corrected chi connectivity index (χ4v) is 4.91. The van der Waals surface area contributed by atoms with Gasteiger partial charge in [-0.2, -0.15) is 0 Å². The van der Waals surface area contributed by atoms with Crippen LogP contribution in [0.15, 0.2) is 53.7 Å². The third kappa shape index (κ3) is 4.48. The number of hydrogen-bond donors (Lipinski definition) is 0. The van der Waals surface area contributed by atoms with Crippen LogP contribution in [0.4, 0.5) is 4.39 Å². The minimum absolute atomic E-state index is 0.0632. The van der Waals surface area contributed by atoms with Gasteiger partial charge in [0.2, 0.25) is 0 Å². The van der Waals surface area contributed by atoms with Crippen molar-refractivity contribution in [3.63, 3.8) is 0 Å². The molecular formula is C24H26FN3OS. The monoisotopic (exact) mass is 423 g/mol. The molecule has 0 saturated heterocycles. The molecular weight excluding hydrogens is 397 g/mol. The molecule has 1 saturated carbocycles. The lowest BCUT2D eigenvalue weighted by molar-refractivity contribution is 0.102. The van der Waals surface area contributed by atoms with E-state index in [1.54, 1.807) is 12.1 Å². The lowest BCUT2D eigenvalue weighted by atomic mass is 9.95. The van der Waals surface area contributed by atoms with Crippen molar-refractivity contribution in [1.29, 1.82) is 0 Å². The fourth-order valence-electron chi connectivity index (χ4n) is 4.01. The highest BCUT2D eigenvalue weighted by atomic mass is 32.2. The molecule has 1 heterocycles. The summed E-state index contributed by atoms with van der Waals surface area (Å²) in [5.41, 5.74) is 2.38. The zero-order valence-electron chi connectivity index (χ0n) is 17.2. The van der Waals surface area contributed by atoms with Crippen molar-refractivity contribution in [2.24, 2.45) is 0 Å². The van der Waals surface area contributed by atoms with Crippen LogP contribution in [-0.2, 0) is 6.42 Å². The molecule has 30 heavy (non-hydrogen) atoms. The van der Waals surface area contributed by atoms with Crippen LogP contribution >= 0.6 is 11.8 Å². The molecule has 1 fully saturated rings. The average Bonchev–Trinajstić information content (AvgIpc) is 3.22. The van der Waals surface area contributed by atoms with Gasteiger partial charge in [0.15, 0.2) is 16.8 Å². The van der Waals surface area contributed by atoms with Crippen LogP contribution in [0.5, 0.6) is 0 Å². The number of nitrogens with zero attached hydrogens (tertiary/aromatic N) is 3. The van der Waals surface area contributed by atoms with Gasteiger partial charge in [-0.1, -0.05) is 74.3 Å². The summed E-state index contributed by atoms with van der Waals surface area (Å²) < 4.78 is 16.6. The topological polar surface area (TPSA) is 47.8 Å². The van der Waals surface area contributed by atoms with Crippen molar-refractivity contribution in [3.8, 4) is 11.4 Å². The Labute approximate surface area is 180 Å². The van der Waals surface area contributed by atoms with Crippen LogP contribution < -0.4 is 0 Å². The molecule has 6 heteroatoms. The van der Waals surface area contributed by atoms with Gasteiger partial charge in [-0.25, -0.2) is 4.39 Å². The van der Waals surface area contributed by atoms with Crippen molar-refractivity contribution in [2.45, 2.75) is 56.6 Å². The van der Waals surface area contributed by atoms with Gasteiger partial charge in [0.05, 0.1) is 11.3 Å². The van der Waals surface area contributed by atoms with E-state index < -0.39 is 0 Å². The maximum atomic E-state index is 14.5. The largest absolute Gasteiger partial charge is 0.299 e. The molecule has 1 aliphatic rings. The molecule has 0 unspecified atom stereocenters. The Bertz CT molecular complexity index is 1010. The van der Waals surface area contributed by atoms with Crippen LogP contribution in [0.25, 0.3) is 11.4 Å². The van der Waals surface area contributed by atoms with Gasteiger partial charge in [-0.3, -0.25) is 9.36 Å². The van der Waals surface area contributed by atoms with E-state index >= 15 is 0 Å². The Balaban J connectivity index is 1.59. The molecule has 0 N–H and O–H groups in total. The van der Waals surface area contributed by atoms with E-state index in [1.165, 1.54) is 29.8 Å². The first kappa shape index (κ1) is 20.8. The van der Waals surface area contributed by atoms with Gasteiger partial charge < -0.3 is 0 Å². The number of thioether (sulfide) groups is 1. The summed E-state index contributed by atoms with van der Waals surface area (Å²) in [7, 11) is 0. The van der Waals surface area contributed by atoms with E-state index in [2.05, 4.69) is 21.7 Å². The second kappa shape index (κ2) is 9.56. The first-order valence-electron chi connectivity index (χ1n) is 10.6. The molecule has 0 amide bonds. The van der Waals surface area contributed by atoms with Crippen molar-refractivity contribution >= 4 is 17.5 Å². The number of carbonyl (C=O) groups excluding carboxylic acids is 1. The Hall–Kier alpha value is -2.47. The Kier molecular flexibility index (Phi) is 6.62. The molecule has 0 atom stereocenters. The highest BCUT2D eigenvalue weighted by molar-refractivity contribution is 7.99. The standard InChI is InChI=1S/C24H26FN3OS/c1-2-17-12-14-18(15-13-17)22(29)16-30-24-27-26-23(20-10-6-7-11-21(20)25)28(24)19-8-4-3-5-9-19/h6-7,10-15,19H,2-5,8-9,16H2,1H3. The number of aromatic nitrogens is 3. The molecule has 1 aromatic heterocycles. The molecule has 2 aromatic carbocycles. The summed E-state index contributed by atoms with van der Waals surface area (Å²) in [6.45, 7) is 2.10. The molecule has 0 radical (unpaired) electrons. The number of aryl methyl sites for hydroxylation is 1. The molecule has 0 aliphatic heterocycles. The summed E-state index contributed by atoms with van der Waals surface area (Å²) in [6, 6.07) is 14.7. The third-order valence-corrected chi connectivity index (χ3v) is 6.68. The van der Waals surface area contributed by atoms with Gasteiger partial charge in [-0.05, 0) is 37.0 Å². The molecule has 1 aliphatic carbocycles. The number of rotatable bonds is 7. The fraction of sp³-hybridized carbons (Fsp3) is 0.375. The number of carbonyl (C=O) groups is 1. The van der Waals surface area contributed by atoms with Crippen molar-refractivity contribution in [3.05, 3.63) is 65.5 Å². The molecule has 4 nitrogen and oxygen atoms in total. The Morgan fingerprint density at radius 2 is 1.80 bits per heavy atom. The zero-order valence-corrected chi connectivity index (χ0v) is 18.0. The second-order valence-corrected chi connectivity index (χ2v) is 8.65. The van der Waals surface area contributed by atoms with E-state index in [-0.39, 0.29) is 23.4 Å². The lowest BCUT2D eigenvalue weighted by Crippen LogP contribution is -2.16. The summed E-state index contributed by atoms with van der Waals surface area (Å²) in [5, 5.41) is 9.39. The maximum Gasteiger partial charge on any atom is 0.192 e. The van der Waals surface area contributed by atoms with E-state index in [9.17, 15) is 9.18 Å². The molecule has 3 aromatic rings. The predicted molar refractivity (Wildman–Crippen MR) is 118 cm³/mol. The zero-order chi connectivity index (χ0) is 20.9. The minimum Gasteiger partial charge on any atom is -0.299 e. The van der Waals surface area contributed by atoms with Gasteiger partial charge in [0.25, 0.3) is 0 Å². The third-order valence-electron chi connectivity index (χ3n) is 5.74. The van der Waals surface area contributed by atoms with Crippen molar-refractivity contribution < 1.29 is 9.18 Å². The SMILES string of the molecule is CCc1ccc(C(=O)CSc2nnc(-c3ccccc3F)n2C2CCCCC2)cc1. The average molecular weight is 424 g/mol. The number of Topliss-reactive ketones (excluding diaryl/α,β-unsaturated/α-hetero) is 1. The van der Waals surface area contributed by atoms with Gasteiger partial charge in [0, 0.05) is 11.6 Å². The van der Waals surface area contributed by atoms with Crippen LogP contribution in [-0.4, -0.2) is 26.3 Å². The number of halogens is 1. The van der Waals surface area contributed by atoms with E-state index in [4.69, 9.17) is 0 Å². The van der Waals surface area contributed by atoms with Crippen LogP contribution in [0.1, 0.15) is 61.0 Å². The number of hydrogen-bond acceptors (Lipinski definition) is 4. The number of ketones is 1. The Morgan fingerprint density at radius 1 is 1.07 bits per heavy atom. The van der Waals surface area contributed by atoms with Gasteiger partial charge in [-0.15, -0.1) is 10.2 Å². The van der Waals surface area contributed by atoms with Crippen LogP contribution in [0.2, 0.25) is 0 Å². The normalized spacial score (nSPS) is 14.7. The first-order valence-corrected chi connectivity index (χ1v) is 11.6. The van der Waals surface area contributed by atoms with Crippen molar-refractivity contribution in [1.82, 2.24) is 14.8 Å². The van der Waals surface area contributed by atoms with Gasteiger partial charge >= 0.3 is 0 Å². The Morgan fingerprint density at radius 3 is 2.50 bits per heavy atom. The lowest BCUT2D eigenvalue weighted by Gasteiger charge is -2.25. The summed E-state index contributed by atoms with van der Waals surface area (Å²) in [5.74, 6) is 0.606. The van der Waals surface area contributed by atoms with E-state index in [0.717, 1.165) is 32.1 Å². The van der Waals surface area contributed by atoms with E-state index in [1.807, 2.05) is 30.3 Å². The quantitative estimate of drug-likeness (QED) is 0.339. The molecule has 4 rings (SSSR count). The number of benzene rings is 2. The highest BCUT2D eigenvalue weighted by Crippen LogP contribution is 2.36. The highest BCUT2D eigenvalue weighted by Gasteiger charge is 2.25. The van der Waals surface area contributed by atoms with E-state index in [0.29, 0.717) is 22.1 Å². The maximum absolute atomic E-state index is 14.5. The molecule has 0 spiro atoms. The smallest absolute Gasteiger partial charge is 0.192 e. The van der Waals surface area contributed by atoms with Gasteiger partial charge in [0.1, 0.15) is 5.82 Å². The second-order valence-electron chi connectivity index (χ2n) is 7.71. The van der Waals surface area contributed by atoms with Crippen LogP contribution in [0, 0.1) is 5.82 Å². The van der Waals surface area contributed by atoms with Crippen LogP contribution in [0.3, 0.4) is 0 Å². The summed E-state index contributed by atoms with van der Waals surface area (Å²) in [4.78, 5) is 12.7.